The van der Waals surface area contributed by atoms with Crippen molar-refractivity contribution in [3.05, 3.63) is 28.7 Å². The fourth-order valence-corrected chi connectivity index (χ4v) is 4.89. The van der Waals surface area contributed by atoms with Gasteiger partial charge in [0.15, 0.2) is 5.13 Å². The topological polar surface area (TPSA) is 74.2 Å². The highest BCUT2D eigenvalue weighted by atomic mass is 32.1. The Morgan fingerprint density at radius 3 is 2.69 bits per heavy atom. The van der Waals surface area contributed by atoms with E-state index in [1.807, 2.05) is 31.0 Å². The Kier molecular flexibility index (Phi) is 6.40. The standard InChI is InChI=1S/C21H30N6OS/c1-15-12-18(25-21-22-13-16(2)29-21)24-20(23-15)17-8-4-7-11-27(17)14-19(28)26-9-5-3-6-10-26/h12-13,17H,3-11,14H2,1-2H3,(H,22,23,24,25). The molecule has 1 atom stereocenters. The van der Waals surface area contributed by atoms with Crippen molar-refractivity contribution in [2.75, 3.05) is 31.5 Å². The average Bonchev–Trinajstić information content (AvgIpc) is 3.13. The third-order valence-corrected chi connectivity index (χ3v) is 6.51. The maximum absolute atomic E-state index is 12.8. The van der Waals surface area contributed by atoms with Crippen molar-refractivity contribution in [1.29, 1.82) is 0 Å². The zero-order chi connectivity index (χ0) is 20.2. The molecule has 2 saturated heterocycles. The highest BCUT2D eigenvalue weighted by Crippen LogP contribution is 2.30. The van der Waals surface area contributed by atoms with Crippen LogP contribution in [-0.4, -0.2) is 56.8 Å². The molecule has 4 rings (SSSR count). The Hall–Kier alpha value is -2.06. The van der Waals surface area contributed by atoms with E-state index in [1.165, 1.54) is 6.42 Å². The lowest BCUT2D eigenvalue weighted by Crippen LogP contribution is -2.45. The highest BCUT2D eigenvalue weighted by Gasteiger charge is 2.30. The predicted octanol–water partition coefficient (Wildman–Crippen LogP) is 3.83. The second-order valence-corrected chi connectivity index (χ2v) is 9.31. The quantitative estimate of drug-likeness (QED) is 0.801. The number of thiazole rings is 1. The van der Waals surface area contributed by atoms with E-state index in [-0.39, 0.29) is 11.9 Å². The molecule has 0 spiro atoms. The zero-order valence-corrected chi connectivity index (χ0v) is 18.2. The van der Waals surface area contributed by atoms with Crippen LogP contribution in [0.15, 0.2) is 12.3 Å². The van der Waals surface area contributed by atoms with Gasteiger partial charge in [0.05, 0.1) is 12.6 Å². The molecule has 1 N–H and O–H groups in total. The van der Waals surface area contributed by atoms with Crippen molar-refractivity contribution in [3.63, 3.8) is 0 Å². The lowest BCUT2D eigenvalue weighted by atomic mass is 10.0. The molecule has 0 radical (unpaired) electrons. The maximum atomic E-state index is 12.8. The lowest BCUT2D eigenvalue weighted by Gasteiger charge is -2.36. The van der Waals surface area contributed by atoms with Crippen molar-refractivity contribution in [2.45, 2.75) is 58.4 Å². The second-order valence-electron chi connectivity index (χ2n) is 8.08. The molecule has 7 nitrogen and oxygen atoms in total. The normalized spacial score (nSPS) is 20.6. The minimum absolute atomic E-state index is 0.0935. The summed E-state index contributed by atoms with van der Waals surface area (Å²) in [6, 6.07) is 2.04. The van der Waals surface area contributed by atoms with Crippen LogP contribution in [-0.2, 0) is 4.79 Å². The van der Waals surface area contributed by atoms with Gasteiger partial charge in [-0.15, -0.1) is 11.3 Å². The Morgan fingerprint density at radius 1 is 1.14 bits per heavy atom. The number of amides is 1. The predicted molar refractivity (Wildman–Crippen MR) is 115 cm³/mol. The fraction of sp³-hybridized carbons (Fsp3) is 0.619. The van der Waals surface area contributed by atoms with Crippen LogP contribution >= 0.6 is 11.3 Å². The van der Waals surface area contributed by atoms with Crippen LogP contribution in [0.3, 0.4) is 0 Å². The van der Waals surface area contributed by atoms with E-state index >= 15 is 0 Å². The van der Waals surface area contributed by atoms with Crippen molar-refractivity contribution < 1.29 is 4.79 Å². The van der Waals surface area contributed by atoms with Crippen LogP contribution in [0.2, 0.25) is 0 Å². The molecule has 4 heterocycles. The molecular formula is C21H30N6OS. The SMILES string of the molecule is Cc1cc(Nc2ncc(C)s2)nc(C2CCCCN2CC(=O)N2CCCCC2)n1. The number of nitrogens with one attached hydrogen (secondary N) is 1. The summed E-state index contributed by atoms with van der Waals surface area (Å²) < 4.78 is 0. The summed E-state index contributed by atoms with van der Waals surface area (Å²) in [5.41, 5.74) is 0.929. The van der Waals surface area contributed by atoms with Gasteiger partial charge in [0, 0.05) is 35.9 Å². The molecule has 0 aliphatic carbocycles. The molecule has 1 unspecified atom stereocenters. The molecule has 29 heavy (non-hydrogen) atoms. The van der Waals surface area contributed by atoms with E-state index in [4.69, 9.17) is 9.97 Å². The van der Waals surface area contributed by atoms with E-state index in [1.54, 1.807) is 11.3 Å². The van der Waals surface area contributed by atoms with Gasteiger partial charge in [0.2, 0.25) is 5.91 Å². The first-order valence-corrected chi connectivity index (χ1v) is 11.5. The van der Waals surface area contributed by atoms with Crippen LogP contribution in [0.25, 0.3) is 0 Å². The van der Waals surface area contributed by atoms with Gasteiger partial charge in [-0.2, -0.15) is 0 Å². The Labute approximate surface area is 176 Å². The summed E-state index contributed by atoms with van der Waals surface area (Å²) in [4.78, 5) is 32.2. The molecule has 8 heteroatoms. The maximum Gasteiger partial charge on any atom is 0.236 e. The number of piperidine rings is 2. The number of likely N-dealkylation sites (tertiary alicyclic amines) is 2. The molecule has 2 aliphatic rings. The van der Waals surface area contributed by atoms with Crippen molar-refractivity contribution >= 4 is 28.2 Å². The number of hydrogen-bond donors (Lipinski definition) is 1. The van der Waals surface area contributed by atoms with E-state index in [2.05, 4.69) is 15.2 Å². The van der Waals surface area contributed by atoms with E-state index in [0.717, 1.165) is 79.1 Å². The van der Waals surface area contributed by atoms with Gasteiger partial charge in [-0.05, 0) is 52.5 Å². The average molecular weight is 415 g/mol. The smallest absolute Gasteiger partial charge is 0.236 e. The zero-order valence-electron chi connectivity index (χ0n) is 17.4. The number of rotatable bonds is 5. The highest BCUT2D eigenvalue weighted by molar-refractivity contribution is 7.15. The Bertz CT molecular complexity index is 847. The van der Waals surface area contributed by atoms with E-state index in [9.17, 15) is 4.79 Å². The molecule has 156 valence electrons. The molecule has 2 aliphatic heterocycles. The summed E-state index contributed by atoms with van der Waals surface area (Å²) in [7, 11) is 0. The molecule has 1 amide bonds. The number of nitrogens with zero attached hydrogens (tertiary/aromatic N) is 5. The summed E-state index contributed by atoms with van der Waals surface area (Å²) in [6.07, 6.45) is 8.61. The van der Waals surface area contributed by atoms with Crippen LogP contribution in [0, 0.1) is 13.8 Å². The number of carbonyl (C=O) groups is 1. The van der Waals surface area contributed by atoms with Gasteiger partial charge < -0.3 is 10.2 Å². The molecule has 2 fully saturated rings. The van der Waals surface area contributed by atoms with E-state index < -0.39 is 0 Å². The van der Waals surface area contributed by atoms with Gasteiger partial charge in [-0.25, -0.2) is 15.0 Å². The second kappa shape index (κ2) is 9.17. The monoisotopic (exact) mass is 414 g/mol. The van der Waals surface area contributed by atoms with Gasteiger partial charge >= 0.3 is 0 Å². The minimum Gasteiger partial charge on any atom is -0.342 e. The van der Waals surface area contributed by atoms with Gasteiger partial charge in [0.25, 0.3) is 0 Å². The number of hydrogen-bond acceptors (Lipinski definition) is 7. The molecule has 2 aromatic rings. The first kappa shape index (κ1) is 20.2. The largest absolute Gasteiger partial charge is 0.342 e. The lowest BCUT2D eigenvalue weighted by molar-refractivity contribution is -0.134. The Morgan fingerprint density at radius 2 is 1.93 bits per heavy atom. The third-order valence-electron chi connectivity index (χ3n) is 5.69. The first-order valence-electron chi connectivity index (χ1n) is 10.7. The van der Waals surface area contributed by atoms with Gasteiger partial charge in [0.1, 0.15) is 11.6 Å². The van der Waals surface area contributed by atoms with Crippen molar-refractivity contribution in [1.82, 2.24) is 24.8 Å². The molecular weight excluding hydrogens is 384 g/mol. The van der Waals surface area contributed by atoms with Crippen LogP contribution < -0.4 is 5.32 Å². The summed E-state index contributed by atoms with van der Waals surface area (Å²) >= 11 is 1.61. The minimum atomic E-state index is 0.0935. The van der Waals surface area contributed by atoms with Gasteiger partial charge in [-0.1, -0.05) is 6.42 Å². The molecule has 0 aromatic carbocycles. The van der Waals surface area contributed by atoms with Crippen LogP contribution in [0.4, 0.5) is 10.9 Å². The molecule has 0 bridgehead atoms. The third kappa shape index (κ3) is 5.11. The first-order chi connectivity index (χ1) is 14.1. The fourth-order valence-electron chi connectivity index (χ4n) is 4.22. The number of carbonyl (C=O) groups excluding carboxylic acids is 1. The van der Waals surface area contributed by atoms with E-state index in [0.29, 0.717) is 6.54 Å². The van der Waals surface area contributed by atoms with Crippen molar-refractivity contribution in [3.8, 4) is 0 Å². The van der Waals surface area contributed by atoms with Crippen molar-refractivity contribution in [2.24, 2.45) is 0 Å². The van der Waals surface area contributed by atoms with Crippen LogP contribution in [0.1, 0.15) is 61.0 Å². The summed E-state index contributed by atoms with van der Waals surface area (Å²) in [5.74, 6) is 1.84. The summed E-state index contributed by atoms with van der Waals surface area (Å²) in [6.45, 7) is 7.24. The van der Waals surface area contributed by atoms with Crippen LogP contribution in [0.5, 0.6) is 0 Å². The Balaban J connectivity index is 1.50. The number of aromatic nitrogens is 3. The number of aryl methyl sites for hydroxylation is 2. The molecule has 2 aromatic heterocycles. The molecule has 0 saturated carbocycles. The van der Waals surface area contributed by atoms with Gasteiger partial charge in [-0.3, -0.25) is 9.69 Å². The summed E-state index contributed by atoms with van der Waals surface area (Å²) in [5, 5.41) is 4.16. The number of anilines is 2.